The maximum absolute atomic E-state index is 13.3. The summed E-state index contributed by atoms with van der Waals surface area (Å²) in [5.41, 5.74) is 1.07. The second-order valence-electron chi connectivity index (χ2n) is 6.69. The lowest BCUT2D eigenvalue weighted by Gasteiger charge is -2.13. The van der Waals surface area contributed by atoms with Crippen molar-refractivity contribution in [3.63, 3.8) is 0 Å². The summed E-state index contributed by atoms with van der Waals surface area (Å²) in [7, 11) is 0. The number of rotatable bonds is 4. The van der Waals surface area contributed by atoms with Gasteiger partial charge >= 0.3 is 0 Å². The number of anilines is 1. The summed E-state index contributed by atoms with van der Waals surface area (Å²) >= 11 is 0. The van der Waals surface area contributed by atoms with Crippen molar-refractivity contribution in [1.29, 1.82) is 0 Å². The predicted molar refractivity (Wildman–Crippen MR) is 99.9 cm³/mol. The van der Waals surface area contributed by atoms with Crippen LogP contribution in [0.25, 0.3) is 10.8 Å². The van der Waals surface area contributed by atoms with E-state index in [1.54, 1.807) is 31.2 Å². The normalized spacial score (nSPS) is 11.1. The van der Waals surface area contributed by atoms with E-state index in [4.69, 9.17) is 0 Å². The standard InChI is InChI=1S/C20H20FN3O2/c1-12(2)11-24-20(26)16-7-5-4-6-15(16)18(23-24)19(25)22-17-9-8-14(21)10-13(17)3/h4-10,12H,11H2,1-3H3,(H,22,25). The van der Waals surface area contributed by atoms with Gasteiger partial charge in [0.2, 0.25) is 0 Å². The van der Waals surface area contributed by atoms with Gasteiger partial charge in [0.15, 0.2) is 5.69 Å². The van der Waals surface area contributed by atoms with Crippen molar-refractivity contribution < 1.29 is 9.18 Å². The van der Waals surface area contributed by atoms with Gasteiger partial charge in [0.05, 0.1) is 5.39 Å². The molecule has 0 fully saturated rings. The molecule has 0 atom stereocenters. The molecule has 0 unspecified atom stereocenters. The maximum atomic E-state index is 13.3. The fraction of sp³-hybridized carbons (Fsp3) is 0.250. The van der Waals surface area contributed by atoms with Crippen LogP contribution in [0.2, 0.25) is 0 Å². The molecular weight excluding hydrogens is 333 g/mol. The highest BCUT2D eigenvalue weighted by Gasteiger charge is 2.18. The van der Waals surface area contributed by atoms with Crippen LogP contribution in [0.15, 0.2) is 47.3 Å². The molecule has 0 saturated heterocycles. The molecule has 0 saturated carbocycles. The van der Waals surface area contributed by atoms with Crippen molar-refractivity contribution in [2.75, 3.05) is 5.32 Å². The molecule has 1 aromatic heterocycles. The molecule has 0 aliphatic heterocycles. The van der Waals surface area contributed by atoms with Gasteiger partial charge in [0, 0.05) is 17.6 Å². The second-order valence-corrected chi connectivity index (χ2v) is 6.69. The van der Waals surface area contributed by atoms with Crippen LogP contribution in [-0.4, -0.2) is 15.7 Å². The van der Waals surface area contributed by atoms with Gasteiger partial charge in [-0.1, -0.05) is 32.0 Å². The lowest BCUT2D eigenvalue weighted by atomic mass is 10.1. The Morgan fingerprint density at radius 2 is 1.88 bits per heavy atom. The van der Waals surface area contributed by atoms with Gasteiger partial charge < -0.3 is 5.32 Å². The summed E-state index contributed by atoms with van der Waals surface area (Å²) in [6, 6.07) is 11.1. The molecule has 6 heteroatoms. The second kappa shape index (κ2) is 7.07. The smallest absolute Gasteiger partial charge is 0.276 e. The fourth-order valence-corrected chi connectivity index (χ4v) is 2.82. The molecule has 3 rings (SSSR count). The number of carbonyl (C=O) groups excluding carboxylic acids is 1. The lowest BCUT2D eigenvalue weighted by molar-refractivity contribution is 0.102. The molecule has 0 bridgehead atoms. The molecule has 1 amide bonds. The van der Waals surface area contributed by atoms with Crippen LogP contribution in [0.3, 0.4) is 0 Å². The predicted octanol–water partition coefficient (Wildman–Crippen LogP) is 3.75. The highest BCUT2D eigenvalue weighted by molar-refractivity contribution is 6.11. The Morgan fingerprint density at radius 3 is 2.54 bits per heavy atom. The number of nitrogens with zero attached hydrogens (tertiary/aromatic N) is 2. The Bertz CT molecular complexity index is 1040. The molecule has 26 heavy (non-hydrogen) atoms. The zero-order chi connectivity index (χ0) is 18.8. The van der Waals surface area contributed by atoms with E-state index >= 15 is 0 Å². The first-order chi connectivity index (χ1) is 12.4. The molecule has 1 heterocycles. The molecule has 0 radical (unpaired) electrons. The average molecular weight is 353 g/mol. The summed E-state index contributed by atoms with van der Waals surface area (Å²) in [4.78, 5) is 25.4. The zero-order valence-corrected chi connectivity index (χ0v) is 14.9. The van der Waals surface area contributed by atoms with Crippen LogP contribution in [0.1, 0.15) is 29.9 Å². The van der Waals surface area contributed by atoms with E-state index in [2.05, 4.69) is 10.4 Å². The molecule has 5 nitrogen and oxygen atoms in total. The van der Waals surface area contributed by atoms with E-state index in [1.165, 1.54) is 22.9 Å². The number of aromatic nitrogens is 2. The van der Waals surface area contributed by atoms with Gasteiger partial charge in [-0.2, -0.15) is 5.10 Å². The van der Waals surface area contributed by atoms with Crippen LogP contribution in [0.5, 0.6) is 0 Å². The van der Waals surface area contributed by atoms with Crippen LogP contribution in [-0.2, 0) is 6.54 Å². The Morgan fingerprint density at radius 1 is 1.19 bits per heavy atom. The Labute approximate surface area is 150 Å². The first kappa shape index (κ1) is 17.8. The number of amides is 1. The van der Waals surface area contributed by atoms with Crippen molar-refractivity contribution in [3.05, 3.63) is 69.9 Å². The minimum atomic E-state index is -0.437. The molecular formula is C20H20FN3O2. The molecule has 3 aromatic rings. The molecule has 1 N–H and O–H groups in total. The summed E-state index contributed by atoms with van der Waals surface area (Å²) < 4.78 is 14.6. The molecule has 0 aliphatic rings. The maximum Gasteiger partial charge on any atom is 0.276 e. The molecule has 0 aliphatic carbocycles. The topological polar surface area (TPSA) is 64.0 Å². The Balaban J connectivity index is 2.09. The van der Waals surface area contributed by atoms with Crippen molar-refractivity contribution in [1.82, 2.24) is 9.78 Å². The quantitative estimate of drug-likeness (QED) is 0.777. The Hall–Kier alpha value is -3.02. The number of aryl methyl sites for hydroxylation is 1. The van der Waals surface area contributed by atoms with Crippen LogP contribution < -0.4 is 10.9 Å². The van der Waals surface area contributed by atoms with Crippen molar-refractivity contribution >= 4 is 22.4 Å². The third-order valence-electron chi connectivity index (χ3n) is 4.06. The third-order valence-corrected chi connectivity index (χ3v) is 4.06. The first-order valence-electron chi connectivity index (χ1n) is 8.44. The fourth-order valence-electron chi connectivity index (χ4n) is 2.82. The number of hydrogen-bond donors (Lipinski definition) is 1. The number of fused-ring (bicyclic) bond motifs is 1. The average Bonchev–Trinajstić information content (AvgIpc) is 2.59. The minimum absolute atomic E-state index is 0.171. The first-order valence-corrected chi connectivity index (χ1v) is 8.44. The number of carbonyl (C=O) groups is 1. The van der Waals surface area contributed by atoms with Gasteiger partial charge in [-0.3, -0.25) is 9.59 Å². The van der Waals surface area contributed by atoms with Gasteiger partial charge in [0.25, 0.3) is 11.5 Å². The van der Waals surface area contributed by atoms with E-state index in [-0.39, 0.29) is 23.0 Å². The summed E-state index contributed by atoms with van der Waals surface area (Å²) in [5, 5.41) is 8.01. The highest BCUT2D eigenvalue weighted by atomic mass is 19.1. The van der Waals surface area contributed by atoms with Gasteiger partial charge in [-0.05, 0) is 42.7 Å². The van der Waals surface area contributed by atoms with Gasteiger partial charge in [0.1, 0.15) is 5.82 Å². The van der Waals surface area contributed by atoms with Gasteiger partial charge in [-0.25, -0.2) is 9.07 Å². The van der Waals surface area contributed by atoms with E-state index in [0.717, 1.165) is 0 Å². The molecule has 0 spiro atoms. The van der Waals surface area contributed by atoms with Crippen LogP contribution >= 0.6 is 0 Å². The highest BCUT2D eigenvalue weighted by Crippen LogP contribution is 2.19. The zero-order valence-electron chi connectivity index (χ0n) is 14.9. The van der Waals surface area contributed by atoms with E-state index in [0.29, 0.717) is 28.6 Å². The summed E-state index contributed by atoms with van der Waals surface area (Å²) in [6.45, 7) is 6.08. The van der Waals surface area contributed by atoms with E-state index in [9.17, 15) is 14.0 Å². The number of halogens is 1. The van der Waals surface area contributed by atoms with Crippen molar-refractivity contribution in [2.45, 2.75) is 27.3 Å². The SMILES string of the molecule is Cc1cc(F)ccc1NC(=O)c1nn(CC(C)C)c(=O)c2ccccc12. The minimum Gasteiger partial charge on any atom is -0.320 e. The van der Waals surface area contributed by atoms with Gasteiger partial charge in [-0.15, -0.1) is 0 Å². The number of hydrogen-bond acceptors (Lipinski definition) is 3. The van der Waals surface area contributed by atoms with E-state index < -0.39 is 5.91 Å². The Kier molecular flexibility index (Phi) is 4.84. The van der Waals surface area contributed by atoms with Crippen molar-refractivity contribution in [3.8, 4) is 0 Å². The summed E-state index contributed by atoms with van der Waals surface area (Å²) in [6.07, 6.45) is 0. The lowest BCUT2D eigenvalue weighted by Crippen LogP contribution is -2.29. The van der Waals surface area contributed by atoms with Crippen molar-refractivity contribution in [2.24, 2.45) is 5.92 Å². The summed E-state index contributed by atoms with van der Waals surface area (Å²) in [5.74, 6) is -0.598. The largest absolute Gasteiger partial charge is 0.320 e. The van der Waals surface area contributed by atoms with Crippen LogP contribution in [0.4, 0.5) is 10.1 Å². The van der Waals surface area contributed by atoms with Crippen LogP contribution in [0, 0.1) is 18.7 Å². The monoisotopic (exact) mass is 353 g/mol. The number of benzene rings is 2. The number of nitrogens with one attached hydrogen (secondary N) is 1. The molecule has 134 valence electrons. The molecule has 2 aromatic carbocycles. The third kappa shape index (κ3) is 3.49. The van der Waals surface area contributed by atoms with E-state index in [1.807, 2.05) is 13.8 Å².